The molecule has 68 heavy (non-hydrogen) atoms. The third-order valence-electron chi connectivity index (χ3n) is 13.4. The zero-order valence-electron chi connectivity index (χ0n) is 39.0. The minimum atomic E-state index is -1.42. The number of hydrogen-bond acceptors (Lipinski definition) is 10. The molecule has 0 radical (unpaired) electrons. The molecule has 2 aliphatic carbocycles. The molecule has 1 amide bonds. The van der Waals surface area contributed by atoms with Gasteiger partial charge < -0.3 is 43.6 Å². The van der Waals surface area contributed by atoms with E-state index in [9.17, 15) is 15.0 Å². The van der Waals surface area contributed by atoms with Crippen molar-refractivity contribution in [2.24, 2.45) is 22.9 Å². The minimum Gasteiger partial charge on any atom is -0.459 e. The fourth-order valence-corrected chi connectivity index (χ4v) is 10.2. The van der Waals surface area contributed by atoms with Gasteiger partial charge in [-0.1, -0.05) is 133 Å². The standard InChI is InChI=1S/C57H64N2O9/c1-3-33-65-57-53(59(2)56(62)64-35-34-63-39-41-17-7-4-8-18-41)38-51(58-66-40-42-19-9-5-10-20-42)49-36-45(23-13-15-31-60)48(24-14-16-32-61)54(55(49)57)50-37-47(29-30-52(50)68-57)67-46-27-25-44(26-28-46)43-21-11-6-12-22-43/h3-12,17-22,25-30,36-37,45,48,53-55,60-61H,1,13-16,23-24,31-35,38-40H2,2H3/t45-,48+,53-,54+,55+,57+/m0/s1. The lowest BCUT2D eigenvalue weighted by molar-refractivity contribution is -0.253. The van der Waals surface area contributed by atoms with Gasteiger partial charge in [0.1, 0.15) is 36.5 Å². The van der Waals surface area contributed by atoms with Crippen molar-refractivity contribution in [3.63, 3.8) is 0 Å². The molecule has 1 fully saturated rings. The van der Waals surface area contributed by atoms with Gasteiger partial charge in [0.15, 0.2) is 0 Å². The maximum atomic E-state index is 14.3. The molecule has 2 N–H and O–H groups in total. The van der Waals surface area contributed by atoms with Gasteiger partial charge in [-0.05, 0) is 95.7 Å². The second-order valence-corrected chi connectivity index (χ2v) is 17.8. The Labute approximate surface area is 400 Å². The van der Waals surface area contributed by atoms with E-state index in [1.165, 1.54) is 0 Å². The molecule has 0 spiro atoms. The molecule has 3 aliphatic rings. The average Bonchev–Trinajstić information content (AvgIpc) is 3.37. The predicted molar refractivity (Wildman–Crippen MR) is 263 cm³/mol. The van der Waals surface area contributed by atoms with Gasteiger partial charge in [-0.2, -0.15) is 0 Å². The van der Waals surface area contributed by atoms with Gasteiger partial charge in [0.2, 0.25) is 5.79 Å². The van der Waals surface area contributed by atoms with Gasteiger partial charge in [-0.3, -0.25) is 0 Å². The number of hydrogen-bond donors (Lipinski definition) is 2. The highest BCUT2D eigenvalue weighted by Gasteiger charge is 2.65. The molecular formula is C57H64N2O9. The molecular weight excluding hydrogens is 857 g/mol. The summed E-state index contributed by atoms with van der Waals surface area (Å²) in [5.41, 5.74) is 6.83. The van der Waals surface area contributed by atoms with Crippen LogP contribution < -0.4 is 9.47 Å². The number of aliphatic hydroxyl groups is 2. The van der Waals surface area contributed by atoms with Crippen LogP contribution in [0.5, 0.6) is 17.2 Å². The molecule has 0 saturated heterocycles. The molecule has 0 unspecified atom stereocenters. The molecule has 1 aliphatic heterocycles. The van der Waals surface area contributed by atoms with Gasteiger partial charge >= 0.3 is 6.09 Å². The number of unbranched alkanes of at least 4 members (excludes halogenated alkanes) is 2. The summed E-state index contributed by atoms with van der Waals surface area (Å²) in [6, 6.07) is 43.3. The van der Waals surface area contributed by atoms with Gasteiger partial charge in [-0.15, -0.1) is 6.58 Å². The molecule has 0 bridgehead atoms. The van der Waals surface area contributed by atoms with Crippen LogP contribution in [-0.2, 0) is 32.3 Å². The van der Waals surface area contributed by atoms with Crippen LogP contribution in [-0.4, -0.2) is 78.8 Å². The number of aliphatic hydroxyl groups excluding tert-OH is 2. The molecule has 356 valence electrons. The Morgan fingerprint density at radius 1 is 0.794 bits per heavy atom. The van der Waals surface area contributed by atoms with E-state index in [1.807, 2.05) is 103 Å². The summed E-state index contributed by atoms with van der Waals surface area (Å²) in [6.45, 7) is 5.30. The highest BCUT2D eigenvalue weighted by atomic mass is 16.7. The molecule has 11 nitrogen and oxygen atoms in total. The highest BCUT2D eigenvalue weighted by Crippen LogP contribution is 2.62. The normalized spacial score (nSPS) is 22.0. The molecule has 5 aromatic rings. The van der Waals surface area contributed by atoms with Gasteiger partial charge in [0.05, 0.1) is 31.5 Å². The highest BCUT2D eigenvalue weighted by molar-refractivity contribution is 6.03. The Bertz CT molecular complexity index is 2450. The quantitative estimate of drug-likeness (QED) is 0.0374. The van der Waals surface area contributed by atoms with Crippen LogP contribution in [0.4, 0.5) is 4.79 Å². The smallest absolute Gasteiger partial charge is 0.410 e. The number of benzene rings is 5. The van der Waals surface area contributed by atoms with Crippen LogP contribution in [0.25, 0.3) is 11.1 Å². The third-order valence-corrected chi connectivity index (χ3v) is 13.4. The van der Waals surface area contributed by atoms with Crippen LogP contribution in [0, 0.1) is 17.8 Å². The maximum absolute atomic E-state index is 14.3. The largest absolute Gasteiger partial charge is 0.459 e. The van der Waals surface area contributed by atoms with E-state index in [4.69, 9.17) is 33.7 Å². The van der Waals surface area contributed by atoms with Crippen molar-refractivity contribution < 1.29 is 43.5 Å². The Hall–Kier alpha value is -6.24. The van der Waals surface area contributed by atoms with Crippen LogP contribution in [0.3, 0.4) is 0 Å². The lowest BCUT2D eigenvalue weighted by Gasteiger charge is -2.59. The summed E-state index contributed by atoms with van der Waals surface area (Å²) >= 11 is 0. The van der Waals surface area contributed by atoms with Gasteiger partial charge in [0, 0.05) is 38.2 Å². The number of amides is 1. The molecule has 0 aromatic heterocycles. The Morgan fingerprint density at radius 3 is 2.13 bits per heavy atom. The number of oxime groups is 1. The molecule has 6 atom stereocenters. The first-order chi connectivity index (χ1) is 33.4. The number of allylic oxidation sites excluding steroid dienone is 1. The van der Waals surface area contributed by atoms with Crippen molar-refractivity contribution in [1.29, 1.82) is 0 Å². The van der Waals surface area contributed by atoms with E-state index in [0.29, 0.717) is 42.4 Å². The Kier molecular flexibility index (Phi) is 16.8. The first-order valence-electron chi connectivity index (χ1n) is 24.0. The summed E-state index contributed by atoms with van der Waals surface area (Å²) in [5, 5.41) is 24.9. The molecule has 1 saturated carbocycles. The van der Waals surface area contributed by atoms with Crippen molar-refractivity contribution >= 4 is 11.8 Å². The van der Waals surface area contributed by atoms with E-state index in [-0.39, 0.29) is 63.8 Å². The van der Waals surface area contributed by atoms with Crippen molar-refractivity contribution in [3.05, 3.63) is 174 Å². The minimum absolute atomic E-state index is 0.0471. The van der Waals surface area contributed by atoms with Crippen LogP contribution >= 0.6 is 0 Å². The molecule has 11 heteroatoms. The van der Waals surface area contributed by atoms with E-state index in [0.717, 1.165) is 59.1 Å². The summed E-state index contributed by atoms with van der Waals surface area (Å²) in [4.78, 5) is 22.1. The lowest BCUT2D eigenvalue weighted by atomic mass is 9.55. The summed E-state index contributed by atoms with van der Waals surface area (Å²) in [5.74, 6) is -0.0140. The van der Waals surface area contributed by atoms with Crippen molar-refractivity contribution in [3.8, 4) is 28.4 Å². The van der Waals surface area contributed by atoms with E-state index >= 15 is 0 Å². The Balaban J connectivity index is 1.20. The van der Waals surface area contributed by atoms with E-state index < -0.39 is 23.8 Å². The molecule has 1 heterocycles. The number of carbonyl (C=O) groups is 1. The number of likely N-dealkylation sites (N-methyl/N-ethyl adjacent to an activating group) is 1. The summed E-state index contributed by atoms with van der Waals surface area (Å²) < 4.78 is 32.8. The van der Waals surface area contributed by atoms with Crippen molar-refractivity contribution in [1.82, 2.24) is 4.90 Å². The van der Waals surface area contributed by atoms with E-state index in [2.05, 4.69) is 43.0 Å². The predicted octanol–water partition coefficient (Wildman–Crippen LogP) is 11.3. The fraction of sp³-hybridized carbons (Fsp3) is 0.368. The van der Waals surface area contributed by atoms with Crippen molar-refractivity contribution in [2.75, 3.05) is 40.1 Å². The lowest BCUT2D eigenvalue weighted by Crippen LogP contribution is -2.69. The number of nitrogens with zero attached hydrogens (tertiary/aromatic N) is 2. The van der Waals surface area contributed by atoms with Crippen LogP contribution in [0.15, 0.2) is 163 Å². The molecule has 8 rings (SSSR count). The second kappa shape index (κ2) is 23.7. The number of rotatable bonds is 23. The topological polar surface area (TPSA) is 129 Å². The summed E-state index contributed by atoms with van der Waals surface area (Å²) in [7, 11) is 1.72. The zero-order valence-corrected chi connectivity index (χ0v) is 39.0. The maximum Gasteiger partial charge on any atom is 0.410 e. The SMILES string of the molecule is C=CCO[C@@]12Oc3ccc(Oc4ccc(-c5ccccc5)cc4)cc3[C@H]3[C@H](CCCCO)[C@@H](CCCCO)C=C(C(=NOCc4ccccc4)C[C@@H]1N(C)C(=O)OCCOCc1ccccc1)[C@H]32. The van der Waals surface area contributed by atoms with Crippen molar-refractivity contribution in [2.45, 2.75) is 75.9 Å². The number of fused-ring (bicyclic) bond motifs is 2. The van der Waals surface area contributed by atoms with Crippen LogP contribution in [0.2, 0.25) is 0 Å². The Morgan fingerprint density at radius 2 is 1.44 bits per heavy atom. The monoisotopic (exact) mass is 920 g/mol. The molecule has 5 aromatic carbocycles. The number of carbonyl (C=O) groups excluding carboxylic acids is 1. The van der Waals surface area contributed by atoms with Gasteiger partial charge in [-0.25, -0.2) is 4.79 Å². The second-order valence-electron chi connectivity index (χ2n) is 17.8. The van der Waals surface area contributed by atoms with E-state index in [1.54, 1.807) is 18.0 Å². The number of ether oxygens (including phenoxy) is 5. The first kappa shape index (κ1) is 48.2. The fourth-order valence-electron chi connectivity index (χ4n) is 10.2. The first-order valence-corrected chi connectivity index (χ1v) is 24.0. The zero-order chi connectivity index (χ0) is 47.1. The van der Waals surface area contributed by atoms with Gasteiger partial charge in [0.25, 0.3) is 0 Å². The third kappa shape index (κ3) is 11.4. The average molecular weight is 921 g/mol. The van der Waals surface area contributed by atoms with Crippen LogP contribution in [0.1, 0.15) is 67.6 Å². The summed E-state index contributed by atoms with van der Waals surface area (Å²) in [6.07, 6.45) is 8.32.